The van der Waals surface area contributed by atoms with Gasteiger partial charge < -0.3 is 15.5 Å². The van der Waals surface area contributed by atoms with Crippen molar-refractivity contribution in [2.24, 2.45) is 11.1 Å². The van der Waals surface area contributed by atoms with E-state index in [1.807, 2.05) is 50.4 Å². The Morgan fingerprint density at radius 2 is 2.14 bits per heavy atom. The van der Waals surface area contributed by atoms with Crippen LogP contribution in [0.1, 0.15) is 33.6 Å². The first-order valence-electron chi connectivity index (χ1n) is 9.50. The minimum Gasteiger partial charge on any atom is -0.368 e. The molecule has 1 fully saturated rings. The van der Waals surface area contributed by atoms with Gasteiger partial charge in [-0.1, -0.05) is 17.3 Å². The van der Waals surface area contributed by atoms with Gasteiger partial charge in [0.1, 0.15) is 17.5 Å². The van der Waals surface area contributed by atoms with E-state index in [0.29, 0.717) is 23.6 Å². The zero-order chi connectivity index (χ0) is 20.1. The molecule has 2 aromatic heterocycles. The smallest absolute Gasteiger partial charge is 0.274 e. The van der Waals surface area contributed by atoms with Crippen LogP contribution in [0.2, 0.25) is 0 Å². The molecule has 1 unspecified atom stereocenters. The molecular weight excluding hydrogens is 373 g/mol. The van der Waals surface area contributed by atoms with Crippen LogP contribution in [0.3, 0.4) is 0 Å². The van der Waals surface area contributed by atoms with Gasteiger partial charge in [-0.05, 0) is 49.6 Å². The second kappa shape index (κ2) is 6.58. The van der Waals surface area contributed by atoms with Crippen molar-refractivity contribution in [3.63, 3.8) is 0 Å². The Morgan fingerprint density at radius 3 is 2.93 bits per heavy atom. The summed E-state index contributed by atoms with van der Waals surface area (Å²) in [6, 6.07) is 9.47. The van der Waals surface area contributed by atoms with Crippen molar-refractivity contribution < 1.29 is 14.0 Å². The van der Waals surface area contributed by atoms with Crippen LogP contribution in [0.25, 0.3) is 5.65 Å². The highest BCUT2D eigenvalue weighted by atomic mass is 19.1. The van der Waals surface area contributed by atoms with E-state index in [9.17, 15) is 9.18 Å². The number of carbonyl (C=O) groups is 1. The number of pyridine rings is 1. The second-order valence-corrected chi connectivity index (χ2v) is 7.59. The van der Waals surface area contributed by atoms with Crippen molar-refractivity contribution in [3.05, 3.63) is 65.1 Å². The van der Waals surface area contributed by atoms with E-state index in [-0.39, 0.29) is 11.8 Å². The van der Waals surface area contributed by atoms with E-state index in [0.717, 1.165) is 22.3 Å². The normalized spacial score (nSPS) is 22.7. The highest BCUT2D eigenvalue weighted by Crippen LogP contribution is 2.38. The van der Waals surface area contributed by atoms with Gasteiger partial charge >= 0.3 is 0 Å². The van der Waals surface area contributed by atoms with Crippen molar-refractivity contribution in [1.82, 2.24) is 14.7 Å². The number of aryl methyl sites for hydroxylation is 2. The quantitative estimate of drug-likeness (QED) is 0.714. The molecular formula is C21H20FN5O2. The first-order chi connectivity index (χ1) is 14.0. The van der Waals surface area contributed by atoms with Crippen LogP contribution in [-0.4, -0.2) is 33.5 Å². The number of halogens is 1. The Hall–Kier alpha value is -3.42. The molecule has 5 rings (SSSR count). The lowest BCUT2D eigenvalue weighted by Crippen LogP contribution is -2.32. The van der Waals surface area contributed by atoms with Crippen LogP contribution < -0.4 is 10.6 Å². The SMILES string of the molecule is Cc1ccn2c(C(=O)Nc3cc(C4=NOC([C@@H]5C[C@H]5F)N4)ccc3C)cnc2c1. The number of rotatable bonds is 4. The third kappa shape index (κ3) is 3.20. The fourth-order valence-electron chi connectivity index (χ4n) is 3.45. The number of amidine groups is 1. The molecule has 1 amide bonds. The molecule has 1 aliphatic carbocycles. The number of benzene rings is 1. The molecule has 0 radical (unpaired) electrons. The Labute approximate surface area is 166 Å². The maximum atomic E-state index is 13.3. The summed E-state index contributed by atoms with van der Waals surface area (Å²) in [7, 11) is 0. The van der Waals surface area contributed by atoms with Gasteiger partial charge in [-0.15, -0.1) is 0 Å². The Balaban J connectivity index is 1.37. The molecule has 8 heteroatoms. The summed E-state index contributed by atoms with van der Waals surface area (Å²) in [5.41, 5.74) is 4.59. The standard InChI is InChI=1S/C21H20FN5O2/c1-11-5-6-27-17(10-23-18(27)7-11)20(28)24-16-8-13(4-3-12(16)2)19-25-21(29-26-19)14-9-15(14)22/h3-8,10,14-15,21H,9H2,1-2H3,(H,24,28)(H,25,26)/t14-,15-,21?/m1/s1. The number of oxime groups is 1. The Bertz CT molecular complexity index is 1160. The molecule has 2 N–H and O–H groups in total. The minimum atomic E-state index is -0.829. The van der Waals surface area contributed by atoms with Gasteiger partial charge in [0.15, 0.2) is 5.84 Å². The van der Waals surface area contributed by atoms with Crippen LogP contribution in [-0.2, 0) is 4.84 Å². The fraction of sp³-hybridized carbons (Fsp3) is 0.286. The van der Waals surface area contributed by atoms with Crippen LogP contribution in [0.15, 0.2) is 47.9 Å². The Kier molecular flexibility index (Phi) is 4.01. The van der Waals surface area contributed by atoms with Crippen LogP contribution in [0.5, 0.6) is 0 Å². The van der Waals surface area contributed by atoms with E-state index in [2.05, 4.69) is 20.8 Å². The van der Waals surface area contributed by atoms with Crippen molar-refractivity contribution in [1.29, 1.82) is 0 Å². The van der Waals surface area contributed by atoms with Gasteiger partial charge in [0, 0.05) is 17.4 Å². The molecule has 1 saturated carbocycles. The number of carbonyl (C=O) groups excluding carboxylic acids is 1. The molecule has 3 aromatic rings. The van der Waals surface area contributed by atoms with Gasteiger partial charge in [-0.3, -0.25) is 9.20 Å². The number of aromatic nitrogens is 2. The van der Waals surface area contributed by atoms with Gasteiger partial charge in [0.2, 0.25) is 6.23 Å². The summed E-state index contributed by atoms with van der Waals surface area (Å²) in [4.78, 5) is 22.5. The molecule has 3 atom stereocenters. The summed E-state index contributed by atoms with van der Waals surface area (Å²) < 4.78 is 15.0. The predicted octanol–water partition coefficient (Wildman–Crippen LogP) is 3.17. The number of hydrogen-bond acceptors (Lipinski definition) is 5. The topological polar surface area (TPSA) is 80.0 Å². The number of alkyl halides is 1. The highest BCUT2D eigenvalue weighted by Gasteiger charge is 2.47. The molecule has 0 saturated heterocycles. The van der Waals surface area contributed by atoms with Gasteiger partial charge in [-0.25, -0.2) is 9.37 Å². The molecule has 1 aliphatic heterocycles. The maximum absolute atomic E-state index is 13.3. The average Bonchev–Trinajstić information content (AvgIpc) is 3.10. The molecule has 0 spiro atoms. The summed E-state index contributed by atoms with van der Waals surface area (Å²) in [6.07, 6.45) is 2.63. The number of imidazole rings is 1. The number of hydrogen-bond donors (Lipinski definition) is 2. The number of fused-ring (bicyclic) bond motifs is 1. The molecule has 2 aliphatic rings. The predicted molar refractivity (Wildman–Crippen MR) is 107 cm³/mol. The summed E-state index contributed by atoms with van der Waals surface area (Å²) in [6.45, 7) is 3.90. The van der Waals surface area contributed by atoms with E-state index in [1.165, 1.54) is 0 Å². The van der Waals surface area contributed by atoms with Gasteiger partial charge in [0.25, 0.3) is 5.91 Å². The van der Waals surface area contributed by atoms with Crippen LogP contribution in [0, 0.1) is 19.8 Å². The summed E-state index contributed by atoms with van der Waals surface area (Å²) in [5.74, 6) is 0.129. The molecule has 1 aromatic carbocycles. The van der Waals surface area contributed by atoms with E-state index in [1.54, 1.807) is 10.6 Å². The summed E-state index contributed by atoms with van der Waals surface area (Å²) >= 11 is 0. The van der Waals surface area contributed by atoms with Gasteiger partial charge in [0.05, 0.1) is 12.1 Å². The molecule has 29 heavy (non-hydrogen) atoms. The zero-order valence-corrected chi connectivity index (χ0v) is 16.0. The van der Waals surface area contributed by atoms with Crippen LogP contribution in [0.4, 0.5) is 10.1 Å². The van der Waals surface area contributed by atoms with Crippen molar-refractivity contribution in [3.8, 4) is 0 Å². The fourth-order valence-corrected chi connectivity index (χ4v) is 3.45. The lowest BCUT2D eigenvalue weighted by atomic mass is 10.1. The summed E-state index contributed by atoms with van der Waals surface area (Å²) in [5, 5.41) is 10.1. The van der Waals surface area contributed by atoms with Crippen molar-refractivity contribution in [2.75, 3.05) is 5.32 Å². The van der Waals surface area contributed by atoms with Crippen molar-refractivity contribution in [2.45, 2.75) is 32.7 Å². The van der Waals surface area contributed by atoms with Crippen LogP contribution >= 0.6 is 0 Å². The third-order valence-electron chi connectivity index (χ3n) is 5.34. The first-order valence-corrected chi connectivity index (χ1v) is 9.50. The molecule has 7 nitrogen and oxygen atoms in total. The monoisotopic (exact) mass is 393 g/mol. The lowest BCUT2D eigenvalue weighted by Gasteiger charge is -2.11. The maximum Gasteiger partial charge on any atom is 0.274 e. The molecule has 148 valence electrons. The van der Waals surface area contributed by atoms with Crippen molar-refractivity contribution >= 4 is 23.1 Å². The minimum absolute atomic E-state index is 0.153. The lowest BCUT2D eigenvalue weighted by molar-refractivity contribution is 0.0504. The number of nitrogens with zero attached hydrogens (tertiary/aromatic N) is 3. The van der Waals surface area contributed by atoms with Gasteiger partial charge in [-0.2, -0.15) is 0 Å². The van der Waals surface area contributed by atoms with E-state index >= 15 is 0 Å². The van der Waals surface area contributed by atoms with E-state index in [4.69, 9.17) is 4.84 Å². The number of amides is 1. The second-order valence-electron chi connectivity index (χ2n) is 7.59. The average molecular weight is 393 g/mol. The largest absolute Gasteiger partial charge is 0.368 e. The first kappa shape index (κ1) is 17.7. The highest BCUT2D eigenvalue weighted by molar-refractivity contribution is 6.05. The third-order valence-corrected chi connectivity index (χ3v) is 5.34. The Morgan fingerprint density at radius 1 is 1.31 bits per heavy atom. The van der Waals surface area contributed by atoms with E-state index < -0.39 is 12.4 Å². The zero-order valence-electron chi connectivity index (χ0n) is 16.0. The molecule has 3 heterocycles. The molecule has 0 bridgehead atoms. The number of anilines is 1. The number of nitrogens with one attached hydrogen (secondary N) is 2.